The van der Waals surface area contributed by atoms with Crippen molar-refractivity contribution >= 4 is 44.8 Å². The van der Waals surface area contributed by atoms with E-state index >= 15 is 0 Å². The molecule has 0 aromatic heterocycles. The van der Waals surface area contributed by atoms with Crippen molar-refractivity contribution in [3.05, 3.63) is 27.2 Å². The average molecular weight is 387 g/mol. The second kappa shape index (κ2) is 8.15. The minimum Gasteiger partial charge on any atom is -0.314 e. The van der Waals surface area contributed by atoms with E-state index < -0.39 is 10.0 Å². The summed E-state index contributed by atoms with van der Waals surface area (Å²) in [6, 6.07) is 2.73. The van der Waals surface area contributed by atoms with Crippen molar-refractivity contribution in [2.45, 2.75) is 11.3 Å². The Labute approximate surface area is 146 Å². The van der Waals surface area contributed by atoms with E-state index in [4.69, 9.17) is 34.8 Å². The van der Waals surface area contributed by atoms with Crippen molar-refractivity contribution in [3.8, 4) is 0 Å². The van der Waals surface area contributed by atoms with Crippen molar-refractivity contribution in [2.24, 2.45) is 0 Å². The first-order valence-electron chi connectivity index (χ1n) is 6.97. The number of nitrogens with zero attached hydrogens (tertiary/aromatic N) is 1. The van der Waals surface area contributed by atoms with Gasteiger partial charge in [0, 0.05) is 37.7 Å². The van der Waals surface area contributed by atoms with Crippen molar-refractivity contribution in [2.75, 3.05) is 39.3 Å². The van der Waals surface area contributed by atoms with Crippen LogP contribution in [0.5, 0.6) is 0 Å². The topological polar surface area (TPSA) is 61.4 Å². The SMILES string of the molecule is O=S(=O)(NCCCN1CCNCC1)c1c(Cl)cc(Cl)cc1Cl. The molecule has 0 radical (unpaired) electrons. The lowest BCUT2D eigenvalue weighted by Crippen LogP contribution is -2.44. The molecule has 1 aliphatic heterocycles. The van der Waals surface area contributed by atoms with E-state index in [1.807, 2.05) is 0 Å². The van der Waals surface area contributed by atoms with Crippen molar-refractivity contribution in [3.63, 3.8) is 0 Å². The Morgan fingerprint density at radius 1 is 1.14 bits per heavy atom. The van der Waals surface area contributed by atoms with Crippen LogP contribution in [0.3, 0.4) is 0 Å². The van der Waals surface area contributed by atoms with E-state index in [1.54, 1.807) is 0 Å². The molecule has 0 aliphatic carbocycles. The molecule has 9 heteroatoms. The van der Waals surface area contributed by atoms with Gasteiger partial charge in [0.05, 0.1) is 10.0 Å². The number of rotatable bonds is 6. The first-order valence-corrected chi connectivity index (χ1v) is 9.59. The molecule has 0 bridgehead atoms. The van der Waals surface area contributed by atoms with E-state index in [0.717, 1.165) is 39.1 Å². The molecule has 1 aromatic carbocycles. The van der Waals surface area contributed by atoms with E-state index in [2.05, 4.69) is 14.9 Å². The monoisotopic (exact) mass is 385 g/mol. The molecular weight excluding hydrogens is 369 g/mol. The van der Waals surface area contributed by atoms with Crippen molar-refractivity contribution in [1.82, 2.24) is 14.9 Å². The molecule has 0 unspecified atom stereocenters. The van der Waals surface area contributed by atoms with Gasteiger partial charge in [0.15, 0.2) is 0 Å². The van der Waals surface area contributed by atoms with Gasteiger partial charge in [-0.25, -0.2) is 13.1 Å². The molecule has 124 valence electrons. The maximum Gasteiger partial charge on any atom is 0.243 e. The van der Waals surface area contributed by atoms with Crippen LogP contribution in [0.2, 0.25) is 15.1 Å². The molecule has 2 rings (SSSR count). The van der Waals surface area contributed by atoms with E-state index in [1.165, 1.54) is 12.1 Å². The molecule has 1 saturated heterocycles. The second-order valence-corrected chi connectivity index (χ2v) is 8.00. The molecule has 1 aromatic rings. The van der Waals surface area contributed by atoms with Crippen LogP contribution in [0.4, 0.5) is 0 Å². The fraction of sp³-hybridized carbons (Fsp3) is 0.538. The van der Waals surface area contributed by atoms with Crippen LogP contribution >= 0.6 is 34.8 Å². The van der Waals surface area contributed by atoms with Gasteiger partial charge in [-0.1, -0.05) is 34.8 Å². The number of hydrogen-bond donors (Lipinski definition) is 2. The number of hydrogen-bond acceptors (Lipinski definition) is 4. The van der Waals surface area contributed by atoms with Crippen LogP contribution in [0, 0.1) is 0 Å². The smallest absolute Gasteiger partial charge is 0.243 e. The summed E-state index contributed by atoms with van der Waals surface area (Å²) in [4.78, 5) is 2.18. The molecular formula is C13H18Cl3N3O2S. The van der Waals surface area contributed by atoms with Crippen LogP contribution in [-0.2, 0) is 10.0 Å². The summed E-state index contributed by atoms with van der Waals surface area (Å²) in [6.45, 7) is 5.11. The fourth-order valence-corrected chi connectivity index (χ4v) is 4.92. The number of halogens is 3. The zero-order valence-corrected chi connectivity index (χ0v) is 15.0. The Balaban J connectivity index is 1.91. The highest BCUT2D eigenvalue weighted by Gasteiger charge is 2.22. The van der Waals surface area contributed by atoms with Crippen molar-refractivity contribution < 1.29 is 8.42 Å². The normalized spacial score (nSPS) is 16.9. The molecule has 2 N–H and O–H groups in total. The highest BCUT2D eigenvalue weighted by atomic mass is 35.5. The lowest BCUT2D eigenvalue weighted by atomic mass is 10.3. The first-order chi connectivity index (χ1) is 10.4. The van der Waals surface area contributed by atoms with E-state index in [-0.39, 0.29) is 14.9 Å². The van der Waals surface area contributed by atoms with Gasteiger partial charge >= 0.3 is 0 Å². The lowest BCUT2D eigenvalue weighted by Gasteiger charge is -2.27. The molecule has 0 saturated carbocycles. The molecule has 22 heavy (non-hydrogen) atoms. The van der Waals surface area contributed by atoms with E-state index in [0.29, 0.717) is 11.6 Å². The predicted molar refractivity (Wildman–Crippen MR) is 90.6 cm³/mol. The third-order valence-corrected chi connectivity index (χ3v) is 5.98. The fourth-order valence-electron chi connectivity index (χ4n) is 2.30. The van der Waals surface area contributed by atoms with Gasteiger partial charge < -0.3 is 10.2 Å². The number of benzene rings is 1. The molecule has 0 spiro atoms. The second-order valence-electron chi connectivity index (χ2n) is 5.04. The Hall–Kier alpha value is -0.0800. The summed E-state index contributed by atoms with van der Waals surface area (Å²) in [5, 5.41) is 3.61. The number of nitrogens with one attached hydrogen (secondary N) is 2. The quantitative estimate of drug-likeness (QED) is 0.736. The zero-order chi connectivity index (χ0) is 16.2. The van der Waals surface area contributed by atoms with Gasteiger partial charge in [-0.3, -0.25) is 0 Å². The summed E-state index contributed by atoms with van der Waals surface area (Å²) >= 11 is 17.7. The Kier molecular flexibility index (Phi) is 6.76. The molecule has 1 fully saturated rings. The minimum absolute atomic E-state index is 0.0205. The Morgan fingerprint density at radius 3 is 2.32 bits per heavy atom. The molecule has 1 aliphatic rings. The Bertz CT molecular complexity index is 596. The summed E-state index contributed by atoms with van der Waals surface area (Å²) in [6.07, 6.45) is 0.724. The summed E-state index contributed by atoms with van der Waals surface area (Å²) in [5.74, 6) is 0. The first kappa shape index (κ1) is 18.3. The highest BCUT2D eigenvalue weighted by molar-refractivity contribution is 7.89. The zero-order valence-electron chi connectivity index (χ0n) is 11.9. The molecule has 0 atom stereocenters. The number of piperazine rings is 1. The van der Waals surface area contributed by atoms with Gasteiger partial charge in [0.2, 0.25) is 10.0 Å². The summed E-state index contributed by atoms with van der Waals surface area (Å²) < 4.78 is 27.1. The molecule has 1 heterocycles. The van der Waals surface area contributed by atoms with Gasteiger partial charge in [-0.2, -0.15) is 0 Å². The minimum atomic E-state index is -3.74. The third kappa shape index (κ3) is 4.96. The van der Waals surface area contributed by atoms with Gasteiger partial charge in [-0.15, -0.1) is 0 Å². The van der Waals surface area contributed by atoms with Gasteiger partial charge in [-0.05, 0) is 25.1 Å². The van der Waals surface area contributed by atoms with Crippen LogP contribution in [0.25, 0.3) is 0 Å². The molecule has 0 amide bonds. The average Bonchev–Trinajstić information content (AvgIpc) is 2.43. The maximum atomic E-state index is 12.3. The van der Waals surface area contributed by atoms with Crippen molar-refractivity contribution in [1.29, 1.82) is 0 Å². The summed E-state index contributed by atoms with van der Waals surface area (Å²) in [7, 11) is -3.74. The summed E-state index contributed by atoms with van der Waals surface area (Å²) in [5.41, 5.74) is 0. The lowest BCUT2D eigenvalue weighted by molar-refractivity contribution is 0.239. The predicted octanol–water partition coefficient (Wildman–Crippen LogP) is 2.22. The van der Waals surface area contributed by atoms with Gasteiger partial charge in [0.1, 0.15) is 4.90 Å². The Morgan fingerprint density at radius 2 is 1.73 bits per heavy atom. The van der Waals surface area contributed by atoms with Crippen LogP contribution < -0.4 is 10.0 Å². The van der Waals surface area contributed by atoms with Crippen LogP contribution in [0.15, 0.2) is 17.0 Å². The third-order valence-electron chi connectivity index (χ3n) is 3.38. The highest BCUT2D eigenvalue weighted by Crippen LogP contribution is 2.32. The van der Waals surface area contributed by atoms with Crippen LogP contribution in [0.1, 0.15) is 6.42 Å². The molecule has 5 nitrogen and oxygen atoms in total. The number of sulfonamides is 1. The van der Waals surface area contributed by atoms with Crippen LogP contribution in [-0.4, -0.2) is 52.6 Å². The standard InChI is InChI=1S/C13H18Cl3N3O2S/c14-10-8-11(15)13(12(16)9-10)22(20,21)18-2-1-5-19-6-3-17-4-7-19/h8-9,17-18H,1-7H2. The maximum absolute atomic E-state index is 12.3. The van der Waals surface area contributed by atoms with E-state index in [9.17, 15) is 8.42 Å². The van der Waals surface area contributed by atoms with Gasteiger partial charge in [0.25, 0.3) is 0 Å². The largest absolute Gasteiger partial charge is 0.314 e.